The van der Waals surface area contributed by atoms with Gasteiger partial charge in [0.15, 0.2) is 0 Å². The molecule has 0 saturated carbocycles. The molecule has 0 unspecified atom stereocenters. The fourth-order valence-corrected chi connectivity index (χ4v) is 10.4. The van der Waals surface area contributed by atoms with Gasteiger partial charge in [-0.05, 0) is 95.0 Å². The molecular formula is C57H38O. The van der Waals surface area contributed by atoms with E-state index in [9.17, 15) is 0 Å². The van der Waals surface area contributed by atoms with Crippen LogP contribution in [0, 0.1) is 0 Å². The van der Waals surface area contributed by atoms with E-state index in [0.717, 1.165) is 35.1 Å². The van der Waals surface area contributed by atoms with Gasteiger partial charge in [0, 0.05) is 27.3 Å². The zero-order chi connectivity index (χ0) is 38.2. The summed E-state index contributed by atoms with van der Waals surface area (Å²) in [6.45, 7) is 0. The first-order valence-electron chi connectivity index (χ1n) is 20.3. The minimum atomic E-state index is -0.505. The van der Waals surface area contributed by atoms with Gasteiger partial charge < -0.3 is 4.74 Å². The third-order valence-electron chi connectivity index (χ3n) is 12.8. The highest BCUT2D eigenvalue weighted by molar-refractivity contribution is 6.17. The summed E-state index contributed by atoms with van der Waals surface area (Å²) in [5.41, 5.74) is 7.11. The molecular weight excluding hydrogens is 701 g/mol. The van der Waals surface area contributed by atoms with Crippen molar-refractivity contribution in [2.45, 2.75) is 18.3 Å². The number of hydrogen-bond acceptors (Lipinski definition) is 1. The Balaban J connectivity index is 1.17. The van der Waals surface area contributed by atoms with E-state index in [-0.39, 0.29) is 0 Å². The average molecular weight is 739 g/mol. The fourth-order valence-electron chi connectivity index (χ4n) is 10.4. The molecule has 0 atom stereocenters. The van der Waals surface area contributed by atoms with E-state index in [4.69, 9.17) is 4.74 Å². The molecule has 1 aliphatic rings. The molecule has 0 radical (unpaired) electrons. The number of ether oxygens (including phenoxy) is 1. The maximum Gasteiger partial charge on any atom is 0.140 e. The van der Waals surface area contributed by atoms with Gasteiger partial charge in [0.2, 0.25) is 0 Å². The zero-order valence-electron chi connectivity index (χ0n) is 32.0. The monoisotopic (exact) mass is 738 g/mol. The van der Waals surface area contributed by atoms with Gasteiger partial charge in [-0.25, -0.2) is 0 Å². The topological polar surface area (TPSA) is 9.23 Å². The minimum Gasteiger partial charge on any atom is -0.455 e. The predicted molar refractivity (Wildman–Crippen MR) is 245 cm³/mol. The second kappa shape index (κ2) is 12.9. The van der Waals surface area contributed by atoms with Gasteiger partial charge in [0.05, 0.1) is 0 Å². The van der Waals surface area contributed by atoms with E-state index in [1.54, 1.807) is 0 Å². The smallest absolute Gasteiger partial charge is 0.140 e. The molecule has 0 N–H and O–H groups in total. The van der Waals surface area contributed by atoms with Gasteiger partial charge >= 0.3 is 0 Å². The molecule has 12 rings (SSSR count). The lowest BCUT2D eigenvalue weighted by molar-refractivity contribution is 0.399. The van der Waals surface area contributed by atoms with Gasteiger partial charge in [-0.3, -0.25) is 0 Å². The van der Waals surface area contributed by atoms with Crippen molar-refractivity contribution in [1.82, 2.24) is 0 Å². The van der Waals surface area contributed by atoms with E-state index in [0.29, 0.717) is 0 Å². The Labute approximate surface area is 337 Å². The average Bonchev–Trinajstić information content (AvgIpc) is 3.29. The third kappa shape index (κ3) is 4.90. The summed E-state index contributed by atoms with van der Waals surface area (Å²) in [6, 6.07) is 76.1. The van der Waals surface area contributed by atoms with Crippen LogP contribution in [0.15, 0.2) is 206 Å². The summed E-state index contributed by atoms with van der Waals surface area (Å²) in [7, 11) is 0. The van der Waals surface area contributed by atoms with Crippen LogP contribution in [0.5, 0.6) is 11.5 Å². The predicted octanol–water partition coefficient (Wildman–Crippen LogP) is 15.1. The molecule has 1 heterocycles. The summed E-state index contributed by atoms with van der Waals surface area (Å²) in [6.07, 6.45) is 1.59. The largest absolute Gasteiger partial charge is 0.455 e. The van der Waals surface area contributed by atoms with Crippen molar-refractivity contribution in [1.29, 1.82) is 0 Å². The summed E-state index contributed by atoms with van der Waals surface area (Å²) in [5, 5.41) is 14.8. The van der Waals surface area contributed by atoms with Crippen molar-refractivity contribution in [3.8, 4) is 22.6 Å². The molecule has 58 heavy (non-hydrogen) atoms. The SMILES string of the molecule is c1ccc(CC2(Cc3ccc(-c4cc5ccccc5c5ccccc45)cc3)c3c(c4ccccc4c4ccccc34)Oc3c2c2ccccc2c2ccccc32)cc1. The van der Waals surface area contributed by atoms with Crippen LogP contribution >= 0.6 is 0 Å². The Hall–Kier alpha value is -7.22. The Morgan fingerprint density at radius 3 is 1.22 bits per heavy atom. The Kier molecular flexibility index (Phi) is 7.34. The fraction of sp³-hybridized carbons (Fsp3) is 0.0526. The molecule has 0 amide bonds. The Morgan fingerprint density at radius 1 is 0.310 bits per heavy atom. The molecule has 0 aromatic heterocycles. The highest BCUT2D eigenvalue weighted by atomic mass is 16.5. The maximum absolute atomic E-state index is 7.50. The summed E-state index contributed by atoms with van der Waals surface area (Å²) < 4.78 is 7.50. The molecule has 1 heteroatoms. The second-order valence-corrected chi connectivity index (χ2v) is 16.0. The molecule has 1 nitrogen and oxygen atoms in total. The van der Waals surface area contributed by atoms with Crippen molar-refractivity contribution in [3.05, 3.63) is 229 Å². The highest BCUT2D eigenvalue weighted by Crippen LogP contribution is 2.60. The molecule has 272 valence electrons. The number of rotatable bonds is 5. The summed E-state index contributed by atoms with van der Waals surface area (Å²) in [4.78, 5) is 0. The van der Waals surface area contributed by atoms with Crippen molar-refractivity contribution in [3.63, 3.8) is 0 Å². The van der Waals surface area contributed by atoms with E-state index in [1.165, 1.54) is 87.2 Å². The molecule has 11 aromatic rings. The number of hydrogen-bond donors (Lipinski definition) is 0. The van der Waals surface area contributed by atoms with Crippen molar-refractivity contribution in [2.24, 2.45) is 0 Å². The van der Waals surface area contributed by atoms with Crippen LogP contribution in [0.1, 0.15) is 22.3 Å². The lowest BCUT2D eigenvalue weighted by Crippen LogP contribution is -2.37. The van der Waals surface area contributed by atoms with Gasteiger partial charge in [-0.1, -0.05) is 200 Å². The van der Waals surface area contributed by atoms with Crippen LogP contribution in [0.2, 0.25) is 0 Å². The van der Waals surface area contributed by atoms with Crippen molar-refractivity contribution < 1.29 is 4.74 Å². The van der Waals surface area contributed by atoms with Crippen LogP contribution in [-0.4, -0.2) is 0 Å². The van der Waals surface area contributed by atoms with Crippen LogP contribution < -0.4 is 4.74 Å². The summed E-state index contributed by atoms with van der Waals surface area (Å²) in [5.74, 6) is 1.94. The van der Waals surface area contributed by atoms with Crippen LogP contribution in [0.4, 0.5) is 0 Å². The molecule has 0 fully saturated rings. The number of fused-ring (bicyclic) bond motifs is 15. The standard InChI is InChI=1S/C57H38O/c1-2-16-37(17-3-1)35-57(36-38-30-32-39(33-31-38)52-34-40-18-4-5-19-41(40)42-20-6-7-25-47(42)52)53-48-26-12-8-21-43(48)45-23-10-14-28-50(45)55(53)58-56-51-29-15-11-24-46(51)44-22-9-13-27-49(44)54(56)57/h1-34H,35-36H2. The van der Waals surface area contributed by atoms with E-state index in [2.05, 4.69) is 206 Å². The van der Waals surface area contributed by atoms with Crippen molar-refractivity contribution in [2.75, 3.05) is 0 Å². The van der Waals surface area contributed by atoms with Crippen LogP contribution in [-0.2, 0) is 18.3 Å². The number of benzene rings is 11. The van der Waals surface area contributed by atoms with E-state index < -0.39 is 5.41 Å². The third-order valence-corrected chi connectivity index (χ3v) is 12.8. The first-order chi connectivity index (χ1) is 28.7. The van der Waals surface area contributed by atoms with Gasteiger partial charge in [-0.15, -0.1) is 0 Å². The first kappa shape index (κ1) is 33.0. The Morgan fingerprint density at radius 2 is 0.690 bits per heavy atom. The Bertz CT molecular complexity index is 3290. The van der Waals surface area contributed by atoms with Gasteiger partial charge in [0.1, 0.15) is 11.5 Å². The minimum absolute atomic E-state index is 0.505. The molecule has 0 aliphatic carbocycles. The van der Waals surface area contributed by atoms with Gasteiger partial charge in [0.25, 0.3) is 0 Å². The molecule has 0 saturated heterocycles. The molecule has 0 spiro atoms. The highest BCUT2D eigenvalue weighted by Gasteiger charge is 2.46. The van der Waals surface area contributed by atoms with Crippen molar-refractivity contribution >= 4 is 64.6 Å². The molecule has 11 aromatic carbocycles. The quantitative estimate of drug-likeness (QED) is 0.160. The lowest BCUT2D eigenvalue weighted by atomic mass is 9.62. The van der Waals surface area contributed by atoms with Crippen LogP contribution in [0.25, 0.3) is 75.8 Å². The maximum atomic E-state index is 7.50. The van der Waals surface area contributed by atoms with E-state index >= 15 is 0 Å². The molecule has 0 bridgehead atoms. The molecule has 1 aliphatic heterocycles. The second-order valence-electron chi connectivity index (χ2n) is 16.0. The lowest BCUT2D eigenvalue weighted by Gasteiger charge is -2.43. The normalized spacial score (nSPS) is 13.2. The van der Waals surface area contributed by atoms with E-state index in [1.807, 2.05) is 0 Å². The first-order valence-corrected chi connectivity index (χ1v) is 20.3. The van der Waals surface area contributed by atoms with Crippen LogP contribution in [0.3, 0.4) is 0 Å². The zero-order valence-corrected chi connectivity index (χ0v) is 32.0. The van der Waals surface area contributed by atoms with Gasteiger partial charge in [-0.2, -0.15) is 0 Å². The summed E-state index contributed by atoms with van der Waals surface area (Å²) >= 11 is 0.